The molecule has 1 aliphatic heterocycles. The summed E-state index contributed by atoms with van der Waals surface area (Å²) in [4.78, 5) is 13.7. The van der Waals surface area contributed by atoms with Crippen molar-refractivity contribution in [3.63, 3.8) is 0 Å². The first-order valence-corrected chi connectivity index (χ1v) is 7.73. The SMILES string of the molecule is CCC[C@]1(Sc2ccccc2)C(=O)Nc2ccccc21. The molecular formula is C17H17NOS. The number of fused-ring (bicyclic) bond motifs is 1. The third-order valence-electron chi connectivity index (χ3n) is 3.61. The van der Waals surface area contributed by atoms with E-state index < -0.39 is 4.75 Å². The zero-order valence-electron chi connectivity index (χ0n) is 11.4. The van der Waals surface area contributed by atoms with Crippen molar-refractivity contribution in [3.05, 3.63) is 60.2 Å². The summed E-state index contributed by atoms with van der Waals surface area (Å²) in [7, 11) is 0. The van der Waals surface area contributed by atoms with Gasteiger partial charge in [-0.1, -0.05) is 49.7 Å². The number of amides is 1. The predicted molar refractivity (Wildman–Crippen MR) is 84.0 cm³/mol. The van der Waals surface area contributed by atoms with Crippen LogP contribution in [0.2, 0.25) is 0 Å². The normalized spacial score (nSPS) is 20.6. The van der Waals surface area contributed by atoms with Crippen molar-refractivity contribution in [2.45, 2.75) is 29.4 Å². The molecule has 1 amide bonds. The molecule has 0 aromatic heterocycles. The molecule has 1 aliphatic rings. The molecule has 0 bridgehead atoms. The molecule has 1 N–H and O–H groups in total. The quantitative estimate of drug-likeness (QED) is 0.899. The van der Waals surface area contributed by atoms with Crippen LogP contribution in [0.4, 0.5) is 5.69 Å². The lowest BCUT2D eigenvalue weighted by molar-refractivity contribution is -0.118. The maximum absolute atomic E-state index is 12.6. The largest absolute Gasteiger partial charge is 0.324 e. The van der Waals surface area contributed by atoms with E-state index in [4.69, 9.17) is 0 Å². The van der Waals surface area contributed by atoms with Crippen LogP contribution < -0.4 is 5.32 Å². The van der Waals surface area contributed by atoms with E-state index in [1.165, 1.54) is 0 Å². The van der Waals surface area contributed by atoms with E-state index in [0.29, 0.717) is 0 Å². The van der Waals surface area contributed by atoms with Crippen molar-refractivity contribution < 1.29 is 4.79 Å². The summed E-state index contributed by atoms with van der Waals surface area (Å²) in [5.41, 5.74) is 2.06. The van der Waals surface area contributed by atoms with Gasteiger partial charge in [0.1, 0.15) is 4.75 Å². The summed E-state index contributed by atoms with van der Waals surface area (Å²) in [6.45, 7) is 2.13. The van der Waals surface area contributed by atoms with E-state index in [1.807, 2.05) is 36.4 Å². The van der Waals surface area contributed by atoms with E-state index in [0.717, 1.165) is 29.0 Å². The molecule has 2 nitrogen and oxygen atoms in total. The van der Waals surface area contributed by atoms with Crippen molar-refractivity contribution in [1.29, 1.82) is 0 Å². The number of carbonyl (C=O) groups is 1. The molecule has 1 heterocycles. The van der Waals surface area contributed by atoms with E-state index in [9.17, 15) is 4.79 Å². The van der Waals surface area contributed by atoms with Gasteiger partial charge in [0.15, 0.2) is 0 Å². The summed E-state index contributed by atoms with van der Waals surface area (Å²) < 4.78 is -0.493. The highest BCUT2D eigenvalue weighted by Gasteiger charge is 2.46. The minimum atomic E-state index is -0.493. The summed E-state index contributed by atoms with van der Waals surface area (Å²) in [5, 5.41) is 3.03. The molecule has 0 unspecified atom stereocenters. The number of hydrogen-bond donors (Lipinski definition) is 1. The molecule has 0 saturated carbocycles. The third-order valence-corrected chi connectivity index (χ3v) is 5.08. The molecule has 2 aromatic rings. The lowest BCUT2D eigenvalue weighted by atomic mass is 9.95. The van der Waals surface area contributed by atoms with Crippen LogP contribution in [-0.2, 0) is 9.54 Å². The van der Waals surface area contributed by atoms with Crippen LogP contribution in [0, 0.1) is 0 Å². The van der Waals surface area contributed by atoms with E-state index in [-0.39, 0.29) is 5.91 Å². The number of hydrogen-bond acceptors (Lipinski definition) is 2. The summed E-state index contributed by atoms with van der Waals surface area (Å²) in [6.07, 6.45) is 1.82. The summed E-state index contributed by atoms with van der Waals surface area (Å²) >= 11 is 1.66. The molecule has 0 saturated heterocycles. The maximum Gasteiger partial charge on any atom is 0.245 e. The van der Waals surface area contributed by atoms with Gasteiger partial charge in [0.05, 0.1) is 0 Å². The standard InChI is InChI=1S/C17H17NOS/c1-2-12-17(20-13-8-4-3-5-9-13)14-10-6-7-11-15(14)18-16(17)19/h3-11H,2,12H2,1H3,(H,18,19)/t17-/m1/s1. The number of nitrogens with one attached hydrogen (secondary N) is 1. The van der Waals surface area contributed by atoms with E-state index >= 15 is 0 Å². The van der Waals surface area contributed by atoms with Crippen LogP contribution in [0.5, 0.6) is 0 Å². The Labute approximate surface area is 123 Å². The number of benzene rings is 2. The molecule has 1 atom stereocenters. The molecule has 3 rings (SSSR count). The number of anilines is 1. The first-order chi connectivity index (χ1) is 9.76. The Balaban J connectivity index is 2.06. The van der Waals surface area contributed by atoms with Crippen LogP contribution in [0.3, 0.4) is 0 Å². The Bertz CT molecular complexity index is 626. The van der Waals surface area contributed by atoms with Gasteiger partial charge in [-0.2, -0.15) is 0 Å². The zero-order chi connectivity index (χ0) is 14.0. The highest BCUT2D eigenvalue weighted by molar-refractivity contribution is 8.01. The first-order valence-electron chi connectivity index (χ1n) is 6.91. The molecular weight excluding hydrogens is 266 g/mol. The minimum absolute atomic E-state index is 0.106. The van der Waals surface area contributed by atoms with Crippen molar-refractivity contribution in [1.82, 2.24) is 0 Å². The highest BCUT2D eigenvalue weighted by atomic mass is 32.2. The van der Waals surface area contributed by atoms with Crippen LogP contribution in [0.15, 0.2) is 59.5 Å². The van der Waals surface area contributed by atoms with Crippen LogP contribution in [0.1, 0.15) is 25.3 Å². The maximum atomic E-state index is 12.6. The smallest absolute Gasteiger partial charge is 0.245 e. The van der Waals surface area contributed by atoms with E-state index in [1.54, 1.807) is 11.8 Å². The predicted octanol–water partition coefficient (Wildman–Crippen LogP) is 4.43. The van der Waals surface area contributed by atoms with Crippen LogP contribution >= 0.6 is 11.8 Å². The molecule has 102 valence electrons. The second-order valence-electron chi connectivity index (χ2n) is 4.99. The van der Waals surface area contributed by atoms with Crippen molar-refractivity contribution >= 4 is 23.4 Å². The second-order valence-corrected chi connectivity index (χ2v) is 6.36. The van der Waals surface area contributed by atoms with E-state index in [2.05, 4.69) is 30.4 Å². The van der Waals surface area contributed by atoms with Crippen LogP contribution in [0.25, 0.3) is 0 Å². The molecule has 20 heavy (non-hydrogen) atoms. The van der Waals surface area contributed by atoms with Crippen molar-refractivity contribution in [2.75, 3.05) is 5.32 Å². The second kappa shape index (κ2) is 5.33. The zero-order valence-corrected chi connectivity index (χ0v) is 12.2. The lowest BCUT2D eigenvalue weighted by Gasteiger charge is -2.26. The number of rotatable bonds is 4. The molecule has 0 fully saturated rings. The number of carbonyl (C=O) groups excluding carboxylic acids is 1. The van der Waals surface area contributed by atoms with Gasteiger partial charge in [0.2, 0.25) is 5.91 Å². The van der Waals surface area contributed by atoms with Gasteiger partial charge in [0, 0.05) is 16.1 Å². The summed E-state index contributed by atoms with van der Waals surface area (Å²) in [5.74, 6) is 0.106. The Morgan fingerprint density at radius 1 is 1.05 bits per heavy atom. The van der Waals surface area contributed by atoms with Crippen LogP contribution in [-0.4, -0.2) is 5.91 Å². The van der Waals surface area contributed by atoms with Gasteiger partial charge in [0.25, 0.3) is 0 Å². The van der Waals surface area contributed by atoms with Gasteiger partial charge in [-0.3, -0.25) is 4.79 Å². The number of thioether (sulfide) groups is 1. The fourth-order valence-corrected chi connectivity index (χ4v) is 4.17. The third kappa shape index (κ3) is 2.12. The van der Waals surface area contributed by atoms with Crippen molar-refractivity contribution in [3.8, 4) is 0 Å². The van der Waals surface area contributed by atoms with Gasteiger partial charge in [-0.15, -0.1) is 11.8 Å². The summed E-state index contributed by atoms with van der Waals surface area (Å²) in [6, 6.07) is 18.2. The molecule has 0 spiro atoms. The Morgan fingerprint density at radius 2 is 1.75 bits per heavy atom. The fourth-order valence-electron chi connectivity index (χ4n) is 2.73. The monoisotopic (exact) mass is 283 g/mol. The molecule has 3 heteroatoms. The molecule has 2 aromatic carbocycles. The topological polar surface area (TPSA) is 29.1 Å². The Hall–Kier alpha value is -1.74. The highest BCUT2D eigenvalue weighted by Crippen LogP contribution is 2.51. The van der Waals surface area contributed by atoms with Gasteiger partial charge in [-0.25, -0.2) is 0 Å². The Kier molecular flexibility index (Phi) is 3.53. The first kappa shape index (κ1) is 13.3. The fraction of sp³-hybridized carbons (Fsp3) is 0.235. The lowest BCUT2D eigenvalue weighted by Crippen LogP contribution is -2.30. The average molecular weight is 283 g/mol. The van der Waals surface area contributed by atoms with Gasteiger partial charge < -0.3 is 5.32 Å². The van der Waals surface area contributed by atoms with Gasteiger partial charge >= 0.3 is 0 Å². The molecule has 0 radical (unpaired) electrons. The Morgan fingerprint density at radius 3 is 2.50 bits per heavy atom. The van der Waals surface area contributed by atoms with Crippen molar-refractivity contribution in [2.24, 2.45) is 0 Å². The average Bonchev–Trinajstić information content (AvgIpc) is 2.74. The number of para-hydroxylation sites is 1. The van der Waals surface area contributed by atoms with Gasteiger partial charge in [-0.05, 0) is 24.6 Å². The minimum Gasteiger partial charge on any atom is -0.324 e. The molecule has 0 aliphatic carbocycles.